The molecule has 0 saturated carbocycles. The molecule has 2 aliphatic rings. The topological polar surface area (TPSA) is 170 Å². The fourth-order valence-corrected chi connectivity index (χ4v) is 3.06. The van der Waals surface area contributed by atoms with E-state index in [2.05, 4.69) is 20.6 Å². The first-order valence-corrected chi connectivity index (χ1v) is 11.2. The van der Waals surface area contributed by atoms with E-state index in [1.165, 1.54) is 48.9 Å². The monoisotopic (exact) mass is 572 g/mol. The standard InChI is InChI=1S/2C13H11N3O3.Ni/c2*17-13-5-4-12(16(18)19)7-10(13)8-14-9-11-3-1-2-6-15-11;/h2*1-8,14H,9H2;. The van der Waals surface area contributed by atoms with Gasteiger partial charge in [-0.1, -0.05) is 12.1 Å². The van der Waals surface area contributed by atoms with Crippen molar-refractivity contribution in [1.29, 1.82) is 0 Å². The summed E-state index contributed by atoms with van der Waals surface area (Å²) in [6.07, 6.45) is 13.5. The Morgan fingerprint density at radius 3 is 1.44 bits per heavy atom. The zero-order chi connectivity index (χ0) is 27.3. The second-order valence-corrected chi connectivity index (χ2v) is 7.65. The first-order chi connectivity index (χ1) is 18.3. The molecule has 0 unspecified atom stereocenters. The molecule has 0 saturated heterocycles. The Morgan fingerprint density at radius 1 is 0.692 bits per heavy atom. The molecule has 39 heavy (non-hydrogen) atoms. The first kappa shape index (κ1) is 30.2. The van der Waals surface area contributed by atoms with Crippen molar-refractivity contribution in [3.8, 4) is 0 Å². The Bertz CT molecular complexity index is 1290. The van der Waals surface area contributed by atoms with Gasteiger partial charge < -0.3 is 10.6 Å². The zero-order valence-electron chi connectivity index (χ0n) is 20.2. The average molecular weight is 573 g/mol. The molecule has 12 nitrogen and oxygen atoms in total. The number of rotatable bonds is 8. The van der Waals surface area contributed by atoms with E-state index in [1.54, 1.807) is 12.4 Å². The zero-order valence-corrected chi connectivity index (χ0v) is 21.2. The fraction of sp³-hybridized carbons (Fsp3) is 0.0769. The number of nitrogens with one attached hydrogen (secondary N) is 2. The van der Waals surface area contributed by atoms with E-state index in [0.717, 1.165) is 11.4 Å². The third-order valence-corrected chi connectivity index (χ3v) is 4.94. The van der Waals surface area contributed by atoms with Crippen molar-refractivity contribution in [2.24, 2.45) is 0 Å². The predicted molar refractivity (Wildman–Crippen MR) is 137 cm³/mol. The van der Waals surface area contributed by atoms with Crippen LogP contribution in [0.25, 0.3) is 0 Å². The minimum Gasteiger partial charge on any atom is -0.385 e. The number of hydrogen-bond acceptors (Lipinski definition) is 10. The molecule has 202 valence electrons. The van der Waals surface area contributed by atoms with Gasteiger partial charge in [-0.3, -0.25) is 39.8 Å². The maximum Gasteiger partial charge on any atom is 0.270 e. The molecule has 0 spiro atoms. The van der Waals surface area contributed by atoms with E-state index in [4.69, 9.17) is 0 Å². The second kappa shape index (κ2) is 15.3. The van der Waals surface area contributed by atoms with Gasteiger partial charge in [0.25, 0.3) is 11.4 Å². The Hall–Kier alpha value is -5.03. The molecule has 0 atom stereocenters. The Morgan fingerprint density at radius 2 is 1.10 bits per heavy atom. The normalized spacial score (nSPS) is 15.9. The Balaban J connectivity index is 0.000000267. The molecular formula is C26H22N6NiO6. The maximum absolute atomic E-state index is 11.5. The maximum atomic E-state index is 11.5. The van der Waals surface area contributed by atoms with E-state index in [-0.39, 0.29) is 50.6 Å². The van der Waals surface area contributed by atoms with Crippen LogP contribution in [0.1, 0.15) is 11.4 Å². The van der Waals surface area contributed by atoms with E-state index in [0.29, 0.717) is 13.1 Å². The van der Waals surface area contributed by atoms with Crippen LogP contribution in [0.15, 0.2) is 120 Å². The summed E-state index contributed by atoms with van der Waals surface area (Å²) in [6.45, 7) is 0.895. The van der Waals surface area contributed by atoms with Crippen molar-refractivity contribution < 1.29 is 35.9 Å². The Labute approximate surface area is 232 Å². The molecule has 2 aromatic heterocycles. The molecule has 0 aromatic carbocycles. The summed E-state index contributed by atoms with van der Waals surface area (Å²) in [6, 6.07) is 11.0. The van der Waals surface area contributed by atoms with Crippen molar-refractivity contribution >= 4 is 11.6 Å². The average Bonchev–Trinajstić information content (AvgIpc) is 2.92. The van der Waals surface area contributed by atoms with Crippen molar-refractivity contribution in [1.82, 2.24) is 20.6 Å². The van der Waals surface area contributed by atoms with E-state index in [1.807, 2.05) is 36.4 Å². The van der Waals surface area contributed by atoms with Crippen LogP contribution in [-0.4, -0.2) is 31.4 Å². The predicted octanol–water partition coefficient (Wildman–Crippen LogP) is 2.71. The van der Waals surface area contributed by atoms with Gasteiger partial charge in [-0.05, 0) is 36.4 Å². The molecule has 13 heteroatoms. The van der Waals surface area contributed by atoms with E-state index >= 15 is 0 Å². The van der Waals surface area contributed by atoms with Crippen LogP contribution in [-0.2, 0) is 39.2 Å². The van der Waals surface area contributed by atoms with Gasteiger partial charge in [0, 0.05) is 76.7 Å². The first-order valence-electron chi connectivity index (χ1n) is 11.2. The van der Waals surface area contributed by atoms with Gasteiger partial charge in [0.1, 0.15) is 0 Å². The molecule has 0 fully saturated rings. The fourth-order valence-electron chi connectivity index (χ4n) is 3.06. The van der Waals surface area contributed by atoms with Gasteiger partial charge in [0.15, 0.2) is 11.6 Å². The molecule has 2 aliphatic carbocycles. The number of nitro groups is 2. The van der Waals surface area contributed by atoms with Gasteiger partial charge in [-0.25, -0.2) is 0 Å². The molecule has 2 heterocycles. The van der Waals surface area contributed by atoms with Crippen molar-refractivity contribution in [3.05, 3.63) is 152 Å². The number of carbonyl (C=O) groups is 2. The smallest absolute Gasteiger partial charge is 0.270 e. The number of ketones is 2. The summed E-state index contributed by atoms with van der Waals surface area (Å²) in [5, 5.41) is 27.1. The second-order valence-electron chi connectivity index (χ2n) is 7.65. The number of aromatic nitrogens is 2. The van der Waals surface area contributed by atoms with Crippen LogP contribution in [0.4, 0.5) is 0 Å². The molecule has 2 aromatic rings. The van der Waals surface area contributed by atoms with Crippen LogP contribution in [0.3, 0.4) is 0 Å². The number of nitrogens with zero attached hydrogens (tertiary/aromatic N) is 4. The van der Waals surface area contributed by atoms with Gasteiger partial charge >= 0.3 is 0 Å². The molecule has 0 bridgehead atoms. The number of pyridine rings is 2. The summed E-state index contributed by atoms with van der Waals surface area (Å²) < 4.78 is 0. The molecule has 0 radical (unpaired) electrons. The number of allylic oxidation sites excluding steroid dienone is 8. The van der Waals surface area contributed by atoms with Gasteiger partial charge in [0.2, 0.25) is 0 Å². The summed E-state index contributed by atoms with van der Waals surface area (Å²) in [4.78, 5) is 51.4. The van der Waals surface area contributed by atoms with Crippen LogP contribution in [0, 0.1) is 20.2 Å². The summed E-state index contributed by atoms with van der Waals surface area (Å²) in [5.41, 5.74) is 1.93. The van der Waals surface area contributed by atoms with E-state index in [9.17, 15) is 29.8 Å². The minimum atomic E-state index is -0.532. The van der Waals surface area contributed by atoms with Crippen molar-refractivity contribution in [3.63, 3.8) is 0 Å². The summed E-state index contributed by atoms with van der Waals surface area (Å²) in [5.74, 6) is -0.529. The molecule has 2 N–H and O–H groups in total. The van der Waals surface area contributed by atoms with Gasteiger partial charge in [-0.15, -0.1) is 0 Å². The molecule has 4 rings (SSSR count). The third kappa shape index (κ3) is 9.75. The SMILES string of the molecule is O=C1C=CC([N+](=O)[O-])=CC1=CNCc1ccccn1.O=C1C=CC([N+](=O)[O-])=CC1=CNCc1ccccn1.[Ni]. The minimum absolute atomic E-state index is 0. The molecule has 0 amide bonds. The summed E-state index contributed by atoms with van der Waals surface area (Å²) >= 11 is 0. The third-order valence-electron chi connectivity index (χ3n) is 4.94. The largest absolute Gasteiger partial charge is 0.385 e. The van der Waals surface area contributed by atoms with Crippen LogP contribution >= 0.6 is 0 Å². The van der Waals surface area contributed by atoms with Gasteiger partial charge in [-0.2, -0.15) is 0 Å². The summed E-state index contributed by atoms with van der Waals surface area (Å²) in [7, 11) is 0. The van der Waals surface area contributed by atoms with Crippen molar-refractivity contribution in [2.75, 3.05) is 0 Å². The van der Waals surface area contributed by atoms with Crippen molar-refractivity contribution in [2.45, 2.75) is 13.1 Å². The molecule has 0 aliphatic heterocycles. The molecular weight excluding hydrogens is 551 g/mol. The van der Waals surface area contributed by atoms with E-state index < -0.39 is 9.85 Å². The quantitative estimate of drug-likeness (QED) is 0.207. The van der Waals surface area contributed by atoms with Crippen LogP contribution in [0.2, 0.25) is 0 Å². The number of hydrogen-bond donors (Lipinski definition) is 2. The van der Waals surface area contributed by atoms with Crippen LogP contribution in [0.5, 0.6) is 0 Å². The number of carbonyl (C=O) groups excluding carboxylic acids is 2. The Kier molecular flexibility index (Phi) is 11.8. The van der Waals surface area contributed by atoms with Gasteiger partial charge in [0.05, 0.1) is 34.3 Å². The van der Waals surface area contributed by atoms with Crippen LogP contribution < -0.4 is 10.6 Å².